The van der Waals surface area contributed by atoms with Gasteiger partial charge in [-0.2, -0.15) is 5.10 Å². The van der Waals surface area contributed by atoms with E-state index in [-0.39, 0.29) is 0 Å². The molecule has 0 bridgehead atoms. The van der Waals surface area contributed by atoms with Crippen LogP contribution < -0.4 is 5.73 Å². The first kappa shape index (κ1) is 7.12. The van der Waals surface area contributed by atoms with E-state index < -0.39 is 0 Å². The van der Waals surface area contributed by atoms with Crippen LogP contribution in [0.4, 0.5) is 5.82 Å². The Labute approximate surface area is 60.8 Å². The predicted molar refractivity (Wildman–Crippen MR) is 41.7 cm³/mol. The summed E-state index contributed by atoms with van der Waals surface area (Å²) in [7, 11) is 1.91. The van der Waals surface area contributed by atoms with Gasteiger partial charge in [0.05, 0.1) is 0 Å². The molecule has 0 spiro atoms. The zero-order chi connectivity index (χ0) is 7.72. The number of nitrogen functional groups attached to an aromatic ring is 1. The van der Waals surface area contributed by atoms with Crippen molar-refractivity contribution in [2.45, 2.75) is 20.3 Å². The maximum absolute atomic E-state index is 5.62. The quantitative estimate of drug-likeness (QED) is 0.627. The molecule has 0 saturated heterocycles. The molecule has 56 valence electrons. The van der Waals surface area contributed by atoms with Gasteiger partial charge in [0.25, 0.3) is 0 Å². The Hall–Kier alpha value is -0.990. The number of nitrogens with two attached hydrogens (primary N) is 1. The first-order valence-corrected chi connectivity index (χ1v) is 3.44. The highest BCUT2D eigenvalue weighted by Crippen LogP contribution is 2.14. The van der Waals surface area contributed by atoms with E-state index in [1.165, 1.54) is 11.3 Å². The molecule has 3 heteroatoms. The van der Waals surface area contributed by atoms with Crippen LogP contribution in [0.25, 0.3) is 0 Å². The summed E-state index contributed by atoms with van der Waals surface area (Å²) in [6.45, 7) is 4.11. The summed E-state index contributed by atoms with van der Waals surface area (Å²) in [6, 6.07) is 0. The number of nitrogens with zero attached hydrogens (tertiary/aromatic N) is 2. The molecule has 0 fully saturated rings. The second-order valence-electron chi connectivity index (χ2n) is 2.43. The molecule has 2 N–H and O–H groups in total. The zero-order valence-electron chi connectivity index (χ0n) is 6.68. The van der Waals surface area contributed by atoms with E-state index in [9.17, 15) is 0 Å². The van der Waals surface area contributed by atoms with Crippen LogP contribution in [0.2, 0.25) is 0 Å². The minimum absolute atomic E-state index is 0.669. The number of hydrogen-bond acceptors (Lipinski definition) is 2. The van der Waals surface area contributed by atoms with Crippen LogP contribution in [0.3, 0.4) is 0 Å². The van der Waals surface area contributed by atoms with Crippen molar-refractivity contribution in [3.63, 3.8) is 0 Å². The van der Waals surface area contributed by atoms with Crippen molar-refractivity contribution < 1.29 is 0 Å². The first-order valence-electron chi connectivity index (χ1n) is 3.44. The number of aromatic nitrogens is 2. The third kappa shape index (κ3) is 0.875. The molecule has 1 aromatic rings. The highest BCUT2D eigenvalue weighted by atomic mass is 15.3. The molecule has 10 heavy (non-hydrogen) atoms. The molecule has 0 saturated carbocycles. The Morgan fingerprint density at radius 3 is 2.40 bits per heavy atom. The highest BCUT2D eigenvalue weighted by Gasteiger charge is 2.06. The van der Waals surface area contributed by atoms with Gasteiger partial charge in [-0.3, -0.25) is 4.68 Å². The summed E-state index contributed by atoms with van der Waals surface area (Å²) in [4.78, 5) is 0. The maximum Gasteiger partial charge on any atom is 0.148 e. The standard InChI is InChI=1S/C7H13N3/c1-4-6-5(2)10(3)9-7(6)8/h4H2,1-3H3,(H2,8,9). The lowest BCUT2D eigenvalue weighted by molar-refractivity contribution is 0.741. The second-order valence-corrected chi connectivity index (χ2v) is 2.43. The molecule has 0 amide bonds. The summed E-state index contributed by atoms with van der Waals surface area (Å²) in [5, 5.41) is 4.08. The Balaban J connectivity index is 3.20. The summed E-state index contributed by atoms with van der Waals surface area (Å²) < 4.78 is 1.81. The minimum atomic E-state index is 0.669. The molecule has 0 aromatic carbocycles. The molecule has 0 radical (unpaired) electrons. The zero-order valence-corrected chi connectivity index (χ0v) is 6.68. The lowest BCUT2D eigenvalue weighted by atomic mass is 10.2. The van der Waals surface area contributed by atoms with Gasteiger partial charge in [-0.15, -0.1) is 0 Å². The smallest absolute Gasteiger partial charge is 0.148 e. The predicted octanol–water partition coefficient (Wildman–Crippen LogP) is 0.873. The Bertz CT molecular complexity index is 237. The fraction of sp³-hybridized carbons (Fsp3) is 0.571. The van der Waals surface area contributed by atoms with Crippen LogP contribution >= 0.6 is 0 Å². The van der Waals surface area contributed by atoms with E-state index in [4.69, 9.17) is 5.73 Å². The van der Waals surface area contributed by atoms with Crippen molar-refractivity contribution in [2.24, 2.45) is 7.05 Å². The summed E-state index contributed by atoms with van der Waals surface area (Å²) >= 11 is 0. The molecular weight excluding hydrogens is 126 g/mol. The highest BCUT2D eigenvalue weighted by molar-refractivity contribution is 5.41. The van der Waals surface area contributed by atoms with Crippen LogP contribution in [0, 0.1) is 6.92 Å². The molecule has 0 atom stereocenters. The molecule has 0 aliphatic rings. The molecular formula is C7H13N3. The van der Waals surface area contributed by atoms with E-state index in [1.807, 2.05) is 18.7 Å². The monoisotopic (exact) mass is 139 g/mol. The normalized spacial score (nSPS) is 10.3. The Kier molecular flexibility index (Phi) is 1.66. The topological polar surface area (TPSA) is 43.8 Å². The van der Waals surface area contributed by atoms with Crippen molar-refractivity contribution in [2.75, 3.05) is 5.73 Å². The van der Waals surface area contributed by atoms with Gasteiger partial charge in [0.15, 0.2) is 0 Å². The second kappa shape index (κ2) is 2.33. The summed E-state index contributed by atoms with van der Waals surface area (Å²) in [5.41, 5.74) is 7.96. The van der Waals surface area contributed by atoms with Gasteiger partial charge in [0, 0.05) is 18.3 Å². The number of anilines is 1. The lowest BCUT2D eigenvalue weighted by Crippen LogP contribution is -1.93. The largest absolute Gasteiger partial charge is 0.382 e. The van der Waals surface area contributed by atoms with Crippen molar-refractivity contribution in [1.29, 1.82) is 0 Å². The fourth-order valence-corrected chi connectivity index (χ4v) is 1.11. The number of rotatable bonds is 1. The van der Waals surface area contributed by atoms with E-state index in [1.54, 1.807) is 0 Å². The SMILES string of the molecule is CCc1c(N)nn(C)c1C. The van der Waals surface area contributed by atoms with Crippen molar-refractivity contribution in [3.05, 3.63) is 11.3 Å². The van der Waals surface area contributed by atoms with Gasteiger partial charge in [-0.05, 0) is 13.3 Å². The van der Waals surface area contributed by atoms with E-state index in [2.05, 4.69) is 12.0 Å². The lowest BCUT2D eigenvalue weighted by Gasteiger charge is -1.94. The summed E-state index contributed by atoms with van der Waals surface area (Å²) in [6.07, 6.45) is 0.964. The van der Waals surface area contributed by atoms with Gasteiger partial charge < -0.3 is 5.73 Å². The van der Waals surface area contributed by atoms with Crippen molar-refractivity contribution in [3.8, 4) is 0 Å². The molecule has 1 heterocycles. The van der Waals surface area contributed by atoms with Crippen LogP contribution in [-0.2, 0) is 13.5 Å². The number of aryl methyl sites for hydroxylation is 1. The van der Waals surface area contributed by atoms with Gasteiger partial charge >= 0.3 is 0 Å². The third-order valence-corrected chi connectivity index (χ3v) is 1.84. The van der Waals surface area contributed by atoms with E-state index in [0.29, 0.717) is 5.82 Å². The van der Waals surface area contributed by atoms with Crippen molar-refractivity contribution in [1.82, 2.24) is 9.78 Å². The Morgan fingerprint density at radius 1 is 1.60 bits per heavy atom. The third-order valence-electron chi connectivity index (χ3n) is 1.84. The molecule has 0 aliphatic heterocycles. The van der Waals surface area contributed by atoms with Gasteiger partial charge in [-0.1, -0.05) is 6.92 Å². The van der Waals surface area contributed by atoms with E-state index >= 15 is 0 Å². The van der Waals surface area contributed by atoms with Gasteiger partial charge in [0.2, 0.25) is 0 Å². The molecule has 1 rings (SSSR count). The Morgan fingerprint density at radius 2 is 2.20 bits per heavy atom. The maximum atomic E-state index is 5.62. The van der Waals surface area contributed by atoms with Crippen molar-refractivity contribution >= 4 is 5.82 Å². The molecule has 1 aromatic heterocycles. The minimum Gasteiger partial charge on any atom is -0.382 e. The summed E-state index contributed by atoms with van der Waals surface area (Å²) in [5.74, 6) is 0.669. The van der Waals surface area contributed by atoms with Crippen LogP contribution in [-0.4, -0.2) is 9.78 Å². The average molecular weight is 139 g/mol. The number of hydrogen-bond donors (Lipinski definition) is 1. The fourth-order valence-electron chi connectivity index (χ4n) is 1.11. The molecule has 3 nitrogen and oxygen atoms in total. The van der Waals surface area contributed by atoms with Crippen LogP contribution in [0.15, 0.2) is 0 Å². The average Bonchev–Trinajstić information content (AvgIpc) is 2.09. The molecule has 0 unspecified atom stereocenters. The molecule has 0 aliphatic carbocycles. The first-order chi connectivity index (χ1) is 4.66. The van der Waals surface area contributed by atoms with Crippen LogP contribution in [0.5, 0.6) is 0 Å². The van der Waals surface area contributed by atoms with E-state index in [0.717, 1.165) is 6.42 Å². The van der Waals surface area contributed by atoms with Crippen LogP contribution in [0.1, 0.15) is 18.2 Å². The van der Waals surface area contributed by atoms with Gasteiger partial charge in [-0.25, -0.2) is 0 Å². The van der Waals surface area contributed by atoms with Gasteiger partial charge in [0.1, 0.15) is 5.82 Å².